The molecule has 8 saturated carbocycles. The van der Waals surface area contributed by atoms with E-state index in [1.165, 1.54) is 5.57 Å². The van der Waals surface area contributed by atoms with E-state index in [9.17, 15) is 30.0 Å². The van der Waals surface area contributed by atoms with Crippen molar-refractivity contribution < 1.29 is 34.8 Å². The molecule has 9 fully saturated rings. The van der Waals surface area contributed by atoms with Crippen LogP contribution >= 0.6 is 0 Å². The van der Waals surface area contributed by atoms with Crippen molar-refractivity contribution in [1.29, 1.82) is 0 Å². The molecule has 0 aromatic heterocycles. The summed E-state index contributed by atoms with van der Waals surface area (Å²) in [5, 5.41) is 45.9. The van der Waals surface area contributed by atoms with Crippen LogP contribution in [0.1, 0.15) is 226 Å². The van der Waals surface area contributed by atoms with Crippen LogP contribution in [0.4, 0.5) is 0 Å². The third-order valence-electron chi connectivity index (χ3n) is 25.2. The number of rotatable bonds is 6. The molecule has 8 aliphatic carbocycles. The van der Waals surface area contributed by atoms with Gasteiger partial charge in [0.2, 0.25) is 0 Å². The summed E-state index contributed by atoms with van der Waals surface area (Å²) in [4.78, 5) is 25.8. The van der Waals surface area contributed by atoms with Crippen LogP contribution in [0.25, 0.3) is 0 Å². The first-order valence-corrected chi connectivity index (χ1v) is 27.8. The lowest BCUT2D eigenvalue weighted by Gasteiger charge is -2.69. The van der Waals surface area contributed by atoms with Crippen LogP contribution in [-0.2, 0) is 14.3 Å². The van der Waals surface area contributed by atoms with Crippen LogP contribution in [0, 0.1) is 90.7 Å². The van der Waals surface area contributed by atoms with Crippen LogP contribution in [0.3, 0.4) is 0 Å². The van der Waals surface area contributed by atoms with E-state index in [0.717, 1.165) is 103 Å². The number of fused-ring (bicyclic) bond motifs is 10. The number of aliphatic hydroxyl groups excluding tert-OH is 2. The molecule has 0 aromatic rings. The van der Waals surface area contributed by atoms with Crippen LogP contribution < -0.4 is 0 Å². The van der Waals surface area contributed by atoms with E-state index in [0.29, 0.717) is 54.0 Å². The van der Waals surface area contributed by atoms with Gasteiger partial charge in [0, 0.05) is 23.7 Å². The van der Waals surface area contributed by atoms with Crippen molar-refractivity contribution in [2.75, 3.05) is 0 Å². The second-order valence-corrected chi connectivity index (χ2v) is 29.5. The molecule has 9 aliphatic rings. The van der Waals surface area contributed by atoms with Crippen molar-refractivity contribution in [3.63, 3.8) is 0 Å². The Morgan fingerprint density at radius 3 is 1.51 bits per heavy atom. The number of ether oxygens (including phenoxy) is 1. The normalized spacial score (nSPS) is 51.7. The molecule has 9 unspecified atom stereocenters. The molecule has 4 N–H and O–H groups in total. The molecule has 67 heavy (non-hydrogen) atoms. The van der Waals surface area contributed by atoms with Gasteiger partial charge in [-0.1, -0.05) is 80.9 Å². The van der Waals surface area contributed by atoms with E-state index in [2.05, 4.69) is 96.1 Å². The molecule has 0 aromatic carbocycles. The summed E-state index contributed by atoms with van der Waals surface area (Å²) in [5.41, 5.74) is -0.470. The van der Waals surface area contributed by atoms with Gasteiger partial charge in [-0.2, -0.15) is 0 Å². The molecular weight excluding hydrogens is 833 g/mol. The molecule has 19 atom stereocenters. The highest BCUT2D eigenvalue weighted by molar-refractivity contribution is 5.86. The van der Waals surface area contributed by atoms with Gasteiger partial charge in [-0.3, -0.25) is 9.59 Å². The van der Waals surface area contributed by atoms with Crippen LogP contribution in [0.2, 0.25) is 0 Å². The van der Waals surface area contributed by atoms with Crippen molar-refractivity contribution in [1.82, 2.24) is 0 Å². The number of aliphatic hydroxyl groups is 4. The molecule has 382 valence electrons. The largest absolute Gasteiger partial charge is 0.393 e. The molecule has 1 heterocycles. The lowest BCUT2D eigenvalue weighted by atomic mass is 9.35. The van der Waals surface area contributed by atoms with Gasteiger partial charge in [-0.25, -0.2) is 0 Å². The predicted octanol–water partition coefficient (Wildman–Crippen LogP) is 12.6. The first-order valence-electron chi connectivity index (χ1n) is 27.8. The minimum absolute atomic E-state index is 0.0279. The van der Waals surface area contributed by atoms with Crippen molar-refractivity contribution in [2.24, 2.45) is 90.7 Å². The van der Waals surface area contributed by atoms with Gasteiger partial charge < -0.3 is 25.2 Å². The lowest BCUT2D eigenvalue weighted by Crippen LogP contribution is -2.66. The molecule has 7 nitrogen and oxygen atoms in total. The Morgan fingerprint density at radius 1 is 0.597 bits per heavy atom. The Labute approximate surface area is 408 Å². The summed E-state index contributed by atoms with van der Waals surface area (Å²) in [7, 11) is 0. The average molecular weight is 933 g/mol. The van der Waals surface area contributed by atoms with Crippen LogP contribution in [0.5, 0.6) is 0 Å². The highest BCUT2D eigenvalue weighted by Gasteiger charge is 2.73. The maximum absolute atomic E-state index is 12.9. The number of hydrogen-bond acceptors (Lipinski definition) is 7. The minimum atomic E-state index is -0.833. The summed E-state index contributed by atoms with van der Waals surface area (Å²) < 4.78 is 6.65. The molecule has 9 rings (SSSR count). The standard InChI is InChI=1S/C30H50O4.C30H50O3/c1-25(2)20-10-15-28(6)21(27(20,5)13-11-22(25)32)17-19(31)24-18(9-14-29(24,28)7)30(8)16-12-23(34-30)26(3,4)33;1-19(2)10-9-14-30(8,33)20-11-16-29(7)25(20)21(31)18-23-27(5)15-13-24(32)26(3,4)22(27)12-17-28(23,29)6/h18-21,23-24,31,33H,9-17H2,1-8H3;10,20-23,25,31,33H,9,11-18H2,1-8H3/t18?,19-,20?,21?,23?,24?,27+,28-,29-,30+;20?,21-,22?,23?,25?,27+,28-,29-,30-/m11/s1. The molecule has 0 amide bonds. The predicted molar refractivity (Wildman–Crippen MR) is 269 cm³/mol. The highest BCUT2D eigenvalue weighted by Crippen LogP contribution is 2.78. The second-order valence-electron chi connectivity index (χ2n) is 29.5. The summed E-state index contributed by atoms with van der Waals surface area (Å²) in [5.74, 6) is 3.42. The fraction of sp³-hybridized carbons (Fsp3) is 0.933. The van der Waals surface area contributed by atoms with Crippen molar-refractivity contribution in [3.8, 4) is 0 Å². The molecular formula is C60H100O7. The Bertz CT molecular complexity index is 1950. The van der Waals surface area contributed by atoms with Crippen LogP contribution in [0.15, 0.2) is 11.6 Å². The van der Waals surface area contributed by atoms with Gasteiger partial charge in [-0.05, 0) is 224 Å². The number of carbonyl (C=O) groups is 2. The van der Waals surface area contributed by atoms with E-state index in [4.69, 9.17) is 4.74 Å². The Hall–Kier alpha value is -1.12. The number of Topliss-reactive ketones (excluding diaryl/α,β-unsaturated/α-hetero) is 2. The smallest absolute Gasteiger partial charge is 0.138 e. The van der Waals surface area contributed by atoms with Crippen molar-refractivity contribution in [2.45, 2.75) is 261 Å². The molecule has 0 bridgehead atoms. The van der Waals surface area contributed by atoms with Gasteiger partial charge in [0.05, 0.1) is 35.1 Å². The van der Waals surface area contributed by atoms with Crippen LogP contribution in [-0.4, -0.2) is 67.1 Å². The molecule has 0 spiro atoms. The Kier molecular flexibility index (Phi) is 12.8. The maximum Gasteiger partial charge on any atom is 0.138 e. The fourth-order valence-corrected chi connectivity index (χ4v) is 21.0. The number of ketones is 2. The highest BCUT2D eigenvalue weighted by atomic mass is 16.5. The van der Waals surface area contributed by atoms with E-state index in [1.807, 2.05) is 20.8 Å². The van der Waals surface area contributed by atoms with Gasteiger partial charge >= 0.3 is 0 Å². The topological polar surface area (TPSA) is 124 Å². The lowest BCUT2D eigenvalue weighted by molar-refractivity contribution is -0.235. The third-order valence-corrected chi connectivity index (χ3v) is 25.2. The summed E-state index contributed by atoms with van der Waals surface area (Å²) in [6.45, 7) is 35.9. The molecule has 1 aliphatic heterocycles. The first-order chi connectivity index (χ1) is 30.6. The summed E-state index contributed by atoms with van der Waals surface area (Å²) in [6, 6.07) is 0. The SMILES string of the molecule is CC(C)(O)C1CC[C@@](C)(C2CC[C@]3(C)C2[C@H](O)CC2[C@@]4(C)CCC(=O)C(C)(C)C4CC[C@]23C)O1.CC(C)=CCC[C@@](C)(O)C1CC[C@]2(C)C1[C@H](O)CC1[C@@]3(C)CCC(=O)C(C)(C)C3CC[C@]12C. The van der Waals surface area contributed by atoms with E-state index in [1.54, 1.807) is 0 Å². The average Bonchev–Trinajstić information content (AvgIpc) is 3.93. The van der Waals surface area contributed by atoms with Gasteiger partial charge in [0.25, 0.3) is 0 Å². The molecule has 1 saturated heterocycles. The van der Waals surface area contributed by atoms with Gasteiger partial charge in [0.1, 0.15) is 11.6 Å². The van der Waals surface area contributed by atoms with E-state index >= 15 is 0 Å². The fourth-order valence-electron chi connectivity index (χ4n) is 21.0. The Balaban J connectivity index is 0.000000182. The number of allylic oxidation sites excluding steroid dienone is 2. The zero-order chi connectivity index (χ0) is 49.7. The van der Waals surface area contributed by atoms with E-state index in [-0.39, 0.29) is 85.0 Å². The zero-order valence-electron chi connectivity index (χ0n) is 45.7. The molecule has 0 radical (unpaired) electrons. The van der Waals surface area contributed by atoms with Gasteiger partial charge in [0.15, 0.2) is 0 Å². The maximum atomic E-state index is 12.9. The summed E-state index contributed by atoms with van der Waals surface area (Å²) >= 11 is 0. The van der Waals surface area contributed by atoms with Gasteiger partial charge in [-0.15, -0.1) is 0 Å². The third kappa shape index (κ3) is 7.51. The van der Waals surface area contributed by atoms with E-state index < -0.39 is 11.2 Å². The second kappa shape index (κ2) is 16.4. The van der Waals surface area contributed by atoms with Crippen molar-refractivity contribution >= 4 is 11.6 Å². The number of carbonyl (C=O) groups excluding carboxylic acids is 2. The zero-order valence-corrected chi connectivity index (χ0v) is 45.7. The molecule has 7 heteroatoms. The Morgan fingerprint density at radius 2 is 1.04 bits per heavy atom. The first kappa shape index (κ1) is 52.2. The number of hydrogen-bond donors (Lipinski definition) is 4. The minimum Gasteiger partial charge on any atom is -0.393 e. The summed E-state index contributed by atoms with van der Waals surface area (Å²) in [6.07, 6.45) is 18.8. The quantitative estimate of drug-likeness (QED) is 0.196. The monoisotopic (exact) mass is 933 g/mol. The van der Waals surface area contributed by atoms with Crippen molar-refractivity contribution in [3.05, 3.63) is 11.6 Å².